The Labute approximate surface area is 178 Å². The Bertz CT molecular complexity index is 1010. The number of pyridine rings is 1. The molecule has 2 aromatic rings. The molecule has 0 aliphatic heterocycles. The number of carbonyl (C=O) groups excluding carboxylic acids is 2. The largest absolute Gasteiger partial charge is 0.340 e. The van der Waals surface area contributed by atoms with Crippen molar-refractivity contribution in [3.8, 4) is 0 Å². The highest BCUT2D eigenvalue weighted by molar-refractivity contribution is 7.90. The fourth-order valence-corrected chi connectivity index (χ4v) is 3.45. The number of hydrogen-bond donors (Lipinski definition) is 2. The average molecular weight is 432 g/mol. The molecule has 8 heteroatoms. The summed E-state index contributed by atoms with van der Waals surface area (Å²) in [4.78, 5) is 29.5. The van der Waals surface area contributed by atoms with Gasteiger partial charge < -0.3 is 10.6 Å². The highest BCUT2D eigenvalue weighted by Gasteiger charge is 2.24. The smallest absolute Gasteiger partial charge is 0.251 e. The van der Waals surface area contributed by atoms with E-state index in [1.54, 1.807) is 30.5 Å². The first-order chi connectivity index (χ1) is 13.8. The molecule has 1 heterocycles. The number of benzene rings is 1. The first-order valence-electron chi connectivity index (χ1n) is 9.68. The van der Waals surface area contributed by atoms with Gasteiger partial charge in [0.2, 0.25) is 5.91 Å². The molecule has 2 amide bonds. The summed E-state index contributed by atoms with van der Waals surface area (Å²) in [5.74, 6) is -0.846. The second-order valence-electron chi connectivity index (χ2n) is 8.48. The maximum Gasteiger partial charge on any atom is 0.251 e. The molecule has 1 aromatic carbocycles. The zero-order valence-electron chi connectivity index (χ0n) is 18.0. The van der Waals surface area contributed by atoms with E-state index in [1.807, 2.05) is 19.1 Å². The van der Waals surface area contributed by atoms with E-state index in [0.29, 0.717) is 11.4 Å². The van der Waals surface area contributed by atoms with Crippen molar-refractivity contribution in [3.05, 3.63) is 59.3 Å². The lowest BCUT2D eigenvalue weighted by Crippen LogP contribution is -2.45. The summed E-state index contributed by atoms with van der Waals surface area (Å²) in [6.07, 6.45) is 2.62. The van der Waals surface area contributed by atoms with Crippen molar-refractivity contribution < 1.29 is 18.0 Å². The predicted octanol–water partition coefficient (Wildman–Crippen LogP) is 2.86. The van der Waals surface area contributed by atoms with Crippen LogP contribution >= 0.6 is 0 Å². The Balaban J connectivity index is 2.17. The summed E-state index contributed by atoms with van der Waals surface area (Å²) in [6.45, 7) is 8.09. The monoisotopic (exact) mass is 431 g/mol. The van der Waals surface area contributed by atoms with E-state index >= 15 is 0 Å². The number of nitrogens with one attached hydrogen (secondary N) is 2. The van der Waals surface area contributed by atoms with Gasteiger partial charge in [0.1, 0.15) is 21.7 Å². The van der Waals surface area contributed by atoms with Crippen molar-refractivity contribution in [2.24, 2.45) is 0 Å². The summed E-state index contributed by atoms with van der Waals surface area (Å²) < 4.78 is 23.2. The number of rotatable bonds is 7. The summed E-state index contributed by atoms with van der Waals surface area (Å²) in [7, 11) is -3.30. The van der Waals surface area contributed by atoms with E-state index in [0.717, 1.165) is 17.4 Å². The second kappa shape index (κ2) is 9.38. The van der Waals surface area contributed by atoms with Gasteiger partial charge in [0.25, 0.3) is 5.91 Å². The molecule has 30 heavy (non-hydrogen) atoms. The van der Waals surface area contributed by atoms with Gasteiger partial charge in [0.05, 0.1) is 5.75 Å². The second-order valence-corrected chi connectivity index (χ2v) is 10.7. The molecule has 0 fully saturated rings. The van der Waals surface area contributed by atoms with Crippen molar-refractivity contribution in [2.75, 3.05) is 17.3 Å². The van der Waals surface area contributed by atoms with Crippen LogP contribution in [0.5, 0.6) is 0 Å². The Kier molecular flexibility index (Phi) is 7.36. The molecule has 2 N–H and O–H groups in total. The molecule has 0 radical (unpaired) electrons. The van der Waals surface area contributed by atoms with Crippen molar-refractivity contribution in [1.29, 1.82) is 0 Å². The third kappa shape index (κ3) is 7.26. The number of anilines is 1. The maximum absolute atomic E-state index is 12.7. The molecule has 0 bridgehead atoms. The summed E-state index contributed by atoms with van der Waals surface area (Å²) in [6, 6.07) is 9.61. The third-order valence-electron chi connectivity index (χ3n) is 4.58. The van der Waals surface area contributed by atoms with E-state index < -0.39 is 27.7 Å². The van der Waals surface area contributed by atoms with Gasteiger partial charge in [0, 0.05) is 18.0 Å². The predicted molar refractivity (Wildman–Crippen MR) is 118 cm³/mol. The van der Waals surface area contributed by atoms with E-state index in [9.17, 15) is 18.0 Å². The molecular weight excluding hydrogens is 402 g/mol. The van der Waals surface area contributed by atoms with Crippen molar-refractivity contribution in [3.63, 3.8) is 0 Å². The maximum atomic E-state index is 12.7. The van der Waals surface area contributed by atoms with Crippen LogP contribution in [0.1, 0.15) is 48.7 Å². The fourth-order valence-electron chi connectivity index (χ4n) is 2.78. The number of nitrogens with zero attached hydrogens (tertiary/aromatic N) is 1. The topological polar surface area (TPSA) is 105 Å². The molecule has 0 saturated carbocycles. The van der Waals surface area contributed by atoms with E-state index in [1.165, 1.54) is 0 Å². The SMILES string of the molecule is Cc1ccnc(NC(=O)[C@H](CCS(C)(=O)=O)NC(=O)c2ccc(C(C)(C)C)cc2)c1. The zero-order valence-corrected chi connectivity index (χ0v) is 18.8. The van der Waals surface area contributed by atoms with E-state index in [-0.39, 0.29) is 17.6 Å². The minimum absolute atomic E-state index is 0.0394. The molecule has 0 saturated heterocycles. The van der Waals surface area contributed by atoms with Crippen molar-refractivity contribution >= 4 is 27.5 Å². The first-order valence-corrected chi connectivity index (χ1v) is 11.7. The summed E-state index contributed by atoms with van der Waals surface area (Å²) in [5, 5.41) is 5.30. The fraction of sp³-hybridized carbons (Fsp3) is 0.409. The van der Waals surface area contributed by atoms with Crippen LogP contribution in [0.4, 0.5) is 5.82 Å². The van der Waals surface area contributed by atoms with Gasteiger partial charge in [-0.2, -0.15) is 0 Å². The molecule has 0 spiro atoms. The highest BCUT2D eigenvalue weighted by atomic mass is 32.2. The molecule has 0 unspecified atom stereocenters. The number of aromatic nitrogens is 1. The Hall–Kier alpha value is -2.74. The van der Waals surface area contributed by atoms with Gasteiger partial charge in [-0.3, -0.25) is 9.59 Å². The van der Waals surface area contributed by atoms with Crippen LogP contribution in [0, 0.1) is 6.92 Å². The minimum atomic E-state index is -3.30. The zero-order chi connectivity index (χ0) is 22.5. The molecule has 0 aliphatic carbocycles. The Morgan fingerprint density at radius 2 is 1.73 bits per heavy atom. The van der Waals surface area contributed by atoms with Crippen molar-refractivity contribution in [1.82, 2.24) is 10.3 Å². The molecule has 1 aromatic heterocycles. The average Bonchev–Trinajstić information content (AvgIpc) is 2.63. The van der Waals surface area contributed by atoms with Gasteiger partial charge in [-0.1, -0.05) is 32.9 Å². The van der Waals surface area contributed by atoms with Crippen LogP contribution in [-0.4, -0.2) is 43.3 Å². The number of aryl methyl sites for hydroxylation is 1. The lowest BCUT2D eigenvalue weighted by molar-refractivity contribution is -0.118. The van der Waals surface area contributed by atoms with E-state index in [4.69, 9.17) is 0 Å². The van der Waals surface area contributed by atoms with Gasteiger partial charge in [0.15, 0.2) is 0 Å². The third-order valence-corrected chi connectivity index (χ3v) is 5.56. The van der Waals surface area contributed by atoms with Gasteiger partial charge in [-0.25, -0.2) is 13.4 Å². The molecule has 1 atom stereocenters. The Morgan fingerprint density at radius 1 is 1.10 bits per heavy atom. The molecule has 7 nitrogen and oxygen atoms in total. The van der Waals surface area contributed by atoms with E-state index in [2.05, 4.69) is 36.4 Å². The van der Waals surface area contributed by atoms with Crippen LogP contribution in [0.3, 0.4) is 0 Å². The van der Waals surface area contributed by atoms with Gasteiger partial charge in [-0.15, -0.1) is 0 Å². The summed E-state index contributed by atoms with van der Waals surface area (Å²) in [5.41, 5.74) is 2.34. The van der Waals surface area contributed by atoms with Gasteiger partial charge >= 0.3 is 0 Å². The number of hydrogen-bond acceptors (Lipinski definition) is 5. The van der Waals surface area contributed by atoms with Crippen LogP contribution in [0.15, 0.2) is 42.6 Å². The number of amides is 2. The standard InChI is InChI=1S/C22H29N3O4S/c1-15-10-12-23-19(14-15)25-21(27)18(11-13-30(5,28)29)24-20(26)16-6-8-17(9-7-16)22(2,3)4/h6-10,12,14,18H,11,13H2,1-5H3,(H,24,26)(H,23,25,27)/t18-/m0/s1. The number of carbonyl (C=O) groups is 2. The molecule has 162 valence electrons. The van der Waals surface area contributed by atoms with Gasteiger partial charge in [-0.05, 0) is 54.2 Å². The summed E-state index contributed by atoms with van der Waals surface area (Å²) >= 11 is 0. The Morgan fingerprint density at radius 3 is 2.27 bits per heavy atom. The van der Waals surface area contributed by atoms with Crippen molar-refractivity contribution in [2.45, 2.75) is 45.6 Å². The molecule has 0 aliphatic rings. The number of sulfone groups is 1. The minimum Gasteiger partial charge on any atom is -0.340 e. The lowest BCUT2D eigenvalue weighted by atomic mass is 9.86. The highest BCUT2D eigenvalue weighted by Crippen LogP contribution is 2.22. The normalized spacial score (nSPS) is 12.8. The van der Waals surface area contributed by atoms with Crippen LogP contribution in [0.2, 0.25) is 0 Å². The lowest BCUT2D eigenvalue weighted by Gasteiger charge is -2.20. The molecular formula is C22H29N3O4S. The quantitative estimate of drug-likeness (QED) is 0.701. The molecule has 2 rings (SSSR count). The first kappa shape index (κ1) is 23.5. The van der Waals surface area contributed by atoms with Crippen LogP contribution < -0.4 is 10.6 Å². The van der Waals surface area contributed by atoms with Crippen LogP contribution in [-0.2, 0) is 20.0 Å². The van der Waals surface area contributed by atoms with Crippen LogP contribution in [0.25, 0.3) is 0 Å².